The second-order valence-corrected chi connectivity index (χ2v) is 3.57. The molecule has 1 amide bonds. The Morgan fingerprint density at radius 2 is 2.29 bits per heavy atom. The molecule has 2 rings (SSSR count). The molecule has 2 aromatic rings. The molecule has 1 aromatic carbocycles. The highest BCUT2D eigenvalue weighted by Crippen LogP contribution is 2.13. The molecule has 1 N–H and O–H groups in total. The molecule has 0 atom stereocenters. The molecule has 1 aromatic heterocycles. The molecule has 0 saturated heterocycles. The molecule has 1 heterocycles. The van der Waals surface area contributed by atoms with Gasteiger partial charge in [-0.2, -0.15) is 5.26 Å². The Labute approximate surface area is 98.9 Å². The molecule has 0 aliphatic heterocycles. The maximum atomic E-state index is 11.7. The first-order valence-corrected chi connectivity index (χ1v) is 5.31. The van der Waals surface area contributed by atoms with Crippen LogP contribution >= 0.6 is 0 Å². The van der Waals surface area contributed by atoms with E-state index in [-0.39, 0.29) is 5.91 Å². The maximum Gasteiger partial charge on any atom is 0.251 e. The Morgan fingerprint density at radius 1 is 1.41 bits per heavy atom. The summed E-state index contributed by atoms with van der Waals surface area (Å²) < 4.78 is 0. The van der Waals surface area contributed by atoms with Crippen LogP contribution in [-0.4, -0.2) is 17.4 Å². The minimum absolute atomic E-state index is 0.161. The van der Waals surface area contributed by atoms with Crippen molar-refractivity contribution < 1.29 is 4.79 Å². The van der Waals surface area contributed by atoms with E-state index >= 15 is 0 Å². The summed E-state index contributed by atoms with van der Waals surface area (Å²) in [5, 5.41) is 12.0. The first-order chi connectivity index (χ1) is 8.31. The molecule has 0 fully saturated rings. The summed E-state index contributed by atoms with van der Waals surface area (Å²) in [6.45, 7) is 0.375. The molecule has 0 unspecified atom stereocenters. The highest BCUT2D eigenvalue weighted by atomic mass is 16.1. The van der Waals surface area contributed by atoms with Crippen molar-refractivity contribution in [1.82, 2.24) is 10.3 Å². The fourth-order valence-electron chi connectivity index (χ4n) is 1.55. The fourth-order valence-corrected chi connectivity index (χ4v) is 1.55. The molecule has 4 nitrogen and oxygen atoms in total. The van der Waals surface area contributed by atoms with Crippen LogP contribution < -0.4 is 5.32 Å². The topological polar surface area (TPSA) is 65.8 Å². The first kappa shape index (κ1) is 11.1. The van der Waals surface area contributed by atoms with Gasteiger partial charge in [0.2, 0.25) is 0 Å². The van der Waals surface area contributed by atoms with E-state index in [2.05, 4.69) is 10.3 Å². The van der Waals surface area contributed by atoms with Crippen LogP contribution in [0.15, 0.2) is 36.5 Å². The van der Waals surface area contributed by atoms with Gasteiger partial charge in [-0.15, -0.1) is 0 Å². The van der Waals surface area contributed by atoms with E-state index < -0.39 is 0 Å². The number of nitrogens with zero attached hydrogens (tertiary/aromatic N) is 2. The number of pyridine rings is 1. The van der Waals surface area contributed by atoms with Gasteiger partial charge in [-0.3, -0.25) is 9.78 Å². The standard InChI is InChI=1S/C13H11N3O/c14-6-2-8-16-13(17)11-4-5-12-10(9-11)3-1-7-15-12/h1,3-5,7,9H,2,8H2,(H,16,17). The number of benzene rings is 1. The van der Waals surface area contributed by atoms with Gasteiger partial charge >= 0.3 is 0 Å². The van der Waals surface area contributed by atoms with Gasteiger partial charge in [-0.25, -0.2) is 0 Å². The summed E-state index contributed by atoms with van der Waals surface area (Å²) in [6.07, 6.45) is 2.04. The minimum Gasteiger partial charge on any atom is -0.351 e. The molecule has 0 bridgehead atoms. The number of nitriles is 1. The molecule has 0 spiro atoms. The van der Waals surface area contributed by atoms with Gasteiger partial charge in [0.15, 0.2) is 0 Å². The average molecular weight is 225 g/mol. The van der Waals surface area contributed by atoms with Crippen LogP contribution in [0.1, 0.15) is 16.8 Å². The third-order valence-corrected chi connectivity index (χ3v) is 2.39. The quantitative estimate of drug-likeness (QED) is 0.811. The predicted molar refractivity (Wildman–Crippen MR) is 64.3 cm³/mol. The molecule has 17 heavy (non-hydrogen) atoms. The van der Waals surface area contributed by atoms with Gasteiger partial charge in [-0.1, -0.05) is 6.07 Å². The van der Waals surface area contributed by atoms with Gasteiger partial charge in [0.05, 0.1) is 18.0 Å². The van der Waals surface area contributed by atoms with Crippen LogP contribution in [0.5, 0.6) is 0 Å². The van der Waals surface area contributed by atoms with Crippen molar-refractivity contribution in [1.29, 1.82) is 5.26 Å². The van der Waals surface area contributed by atoms with Crippen molar-refractivity contribution >= 4 is 16.8 Å². The molecular weight excluding hydrogens is 214 g/mol. The van der Waals surface area contributed by atoms with Crippen molar-refractivity contribution in [2.24, 2.45) is 0 Å². The Balaban J connectivity index is 2.19. The number of aromatic nitrogens is 1. The zero-order valence-corrected chi connectivity index (χ0v) is 9.18. The molecule has 0 saturated carbocycles. The van der Waals surface area contributed by atoms with Gasteiger partial charge in [0.25, 0.3) is 5.91 Å². The Hall–Kier alpha value is -2.41. The van der Waals surface area contributed by atoms with Crippen molar-refractivity contribution in [2.45, 2.75) is 6.42 Å². The van der Waals surface area contributed by atoms with Crippen LogP contribution in [0.25, 0.3) is 10.9 Å². The van der Waals surface area contributed by atoms with Gasteiger partial charge < -0.3 is 5.32 Å². The Kier molecular flexibility index (Phi) is 3.31. The smallest absolute Gasteiger partial charge is 0.251 e. The first-order valence-electron chi connectivity index (χ1n) is 5.31. The zero-order valence-electron chi connectivity index (χ0n) is 9.18. The summed E-state index contributed by atoms with van der Waals surface area (Å²) in [5.41, 5.74) is 1.45. The van der Waals surface area contributed by atoms with Crippen LogP contribution in [0.3, 0.4) is 0 Å². The van der Waals surface area contributed by atoms with E-state index in [1.54, 1.807) is 18.3 Å². The normalized spacial score (nSPS) is 9.82. The number of hydrogen-bond acceptors (Lipinski definition) is 3. The lowest BCUT2D eigenvalue weighted by Gasteiger charge is -2.03. The number of rotatable bonds is 3. The van der Waals surface area contributed by atoms with Crippen molar-refractivity contribution in [2.75, 3.05) is 6.54 Å². The van der Waals surface area contributed by atoms with Crippen molar-refractivity contribution in [3.05, 3.63) is 42.1 Å². The third kappa shape index (κ3) is 2.58. The van der Waals surface area contributed by atoms with Crippen LogP contribution in [0.2, 0.25) is 0 Å². The molecule has 0 radical (unpaired) electrons. The summed E-state index contributed by atoms with van der Waals surface area (Å²) >= 11 is 0. The van der Waals surface area contributed by atoms with Gasteiger partial charge in [-0.05, 0) is 24.3 Å². The van der Waals surface area contributed by atoms with Crippen molar-refractivity contribution in [3.8, 4) is 6.07 Å². The zero-order chi connectivity index (χ0) is 12.1. The highest BCUT2D eigenvalue weighted by molar-refractivity contribution is 5.97. The molecule has 0 aliphatic carbocycles. The Morgan fingerprint density at radius 3 is 3.12 bits per heavy atom. The number of fused-ring (bicyclic) bond motifs is 1. The molecule has 0 aliphatic rings. The van der Waals surface area contributed by atoms with Crippen LogP contribution in [-0.2, 0) is 0 Å². The summed E-state index contributed by atoms with van der Waals surface area (Å²) in [4.78, 5) is 15.9. The maximum absolute atomic E-state index is 11.7. The lowest BCUT2D eigenvalue weighted by atomic mass is 10.1. The van der Waals surface area contributed by atoms with Gasteiger partial charge in [0, 0.05) is 23.7 Å². The summed E-state index contributed by atoms with van der Waals surface area (Å²) in [7, 11) is 0. The summed E-state index contributed by atoms with van der Waals surface area (Å²) in [5.74, 6) is -0.161. The van der Waals surface area contributed by atoms with E-state index in [1.165, 1.54) is 0 Å². The SMILES string of the molecule is N#CCCNC(=O)c1ccc2ncccc2c1. The minimum atomic E-state index is -0.161. The molecule has 84 valence electrons. The summed E-state index contributed by atoms with van der Waals surface area (Å²) in [6, 6.07) is 11.1. The largest absolute Gasteiger partial charge is 0.351 e. The van der Waals surface area contributed by atoms with E-state index in [9.17, 15) is 4.79 Å². The lowest BCUT2D eigenvalue weighted by Crippen LogP contribution is -2.24. The highest BCUT2D eigenvalue weighted by Gasteiger charge is 2.05. The number of carbonyl (C=O) groups excluding carboxylic acids is 1. The van der Waals surface area contributed by atoms with Gasteiger partial charge in [0.1, 0.15) is 0 Å². The van der Waals surface area contributed by atoms with E-state index in [1.807, 2.05) is 24.3 Å². The Bertz CT molecular complexity index is 586. The monoisotopic (exact) mass is 225 g/mol. The second kappa shape index (κ2) is 5.08. The van der Waals surface area contributed by atoms with E-state index in [4.69, 9.17) is 5.26 Å². The van der Waals surface area contributed by atoms with Crippen LogP contribution in [0, 0.1) is 11.3 Å². The molecular formula is C13H11N3O. The number of hydrogen-bond donors (Lipinski definition) is 1. The van der Waals surface area contributed by atoms with Crippen LogP contribution in [0.4, 0.5) is 0 Å². The van der Waals surface area contributed by atoms with E-state index in [0.29, 0.717) is 18.5 Å². The fraction of sp³-hybridized carbons (Fsp3) is 0.154. The predicted octanol–water partition coefficient (Wildman–Crippen LogP) is 1.88. The number of amides is 1. The number of carbonyl (C=O) groups is 1. The van der Waals surface area contributed by atoms with Crippen molar-refractivity contribution in [3.63, 3.8) is 0 Å². The van der Waals surface area contributed by atoms with E-state index in [0.717, 1.165) is 10.9 Å². The average Bonchev–Trinajstić information content (AvgIpc) is 2.38. The second-order valence-electron chi connectivity index (χ2n) is 3.57. The third-order valence-electron chi connectivity index (χ3n) is 2.39. The number of nitrogens with one attached hydrogen (secondary N) is 1. The lowest BCUT2D eigenvalue weighted by molar-refractivity contribution is 0.0954. The molecule has 4 heteroatoms.